The van der Waals surface area contributed by atoms with E-state index in [-0.39, 0.29) is 18.7 Å². The van der Waals surface area contributed by atoms with Gasteiger partial charge in [-0.15, -0.1) is 0 Å². The van der Waals surface area contributed by atoms with Crippen LogP contribution in [0.4, 0.5) is 0 Å². The minimum Gasteiger partial charge on any atom is -0.480 e. The molecule has 0 aliphatic rings. The molecule has 0 aliphatic carbocycles. The number of carboxylic acids is 1. The molecule has 128 valence electrons. The van der Waals surface area contributed by atoms with Crippen LogP contribution in [0.2, 0.25) is 5.02 Å². The number of halogens is 1. The van der Waals surface area contributed by atoms with Crippen molar-refractivity contribution in [3.63, 3.8) is 0 Å². The van der Waals surface area contributed by atoms with Crippen LogP contribution in [0.25, 0.3) is 11.3 Å². The molecule has 1 unspecified atom stereocenters. The standard InChI is InChI=1S/C17H19ClN2O4/c1-3-17(2,16(22)23)20-14(21)8-9-15-19-10-13(24-15)11-6-4-5-7-12(11)18/h4-7,10H,3,8-9H2,1-2H3,(H,20,21)(H,22,23). The largest absolute Gasteiger partial charge is 0.480 e. The normalized spacial score (nSPS) is 13.3. The van der Waals surface area contributed by atoms with Crippen molar-refractivity contribution >= 4 is 23.5 Å². The van der Waals surface area contributed by atoms with Crippen molar-refractivity contribution in [1.29, 1.82) is 0 Å². The van der Waals surface area contributed by atoms with Crippen LogP contribution in [-0.2, 0) is 16.0 Å². The Morgan fingerprint density at radius 3 is 2.71 bits per heavy atom. The van der Waals surface area contributed by atoms with Gasteiger partial charge in [0.1, 0.15) is 5.54 Å². The van der Waals surface area contributed by atoms with E-state index in [2.05, 4.69) is 10.3 Å². The van der Waals surface area contributed by atoms with Crippen molar-refractivity contribution in [1.82, 2.24) is 10.3 Å². The van der Waals surface area contributed by atoms with Crippen LogP contribution in [0.1, 0.15) is 32.6 Å². The highest BCUT2D eigenvalue weighted by molar-refractivity contribution is 6.33. The molecule has 0 aliphatic heterocycles. The highest BCUT2D eigenvalue weighted by Gasteiger charge is 2.32. The summed E-state index contributed by atoms with van der Waals surface area (Å²) in [4.78, 5) is 27.3. The number of carbonyl (C=O) groups excluding carboxylic acids is 1. The number of carbonyl (C=O) groups is 2. The first-order chi connectivity index (χ1) is 11.4. The van der Waals surface area contributed by atoms with Gasteiger partial charge >= 0.3 is 5.97 Å². The van der Waals surface area contributed by atoms with E-state index in [4.69, 9.17) is 21.1 Å². The van der Waals surface area contributed by atoms with Crippen LogP contribution < -0.4 is 5.32 Å². The molecule has 0 radical (unpaired) electrons. The third kappa shape index (κ3) is 4.14. The Hall–Kier alpha value is -2.34. The van der Waals surface area contributed by atoms with Crippen LogP contribution >= 0.6 is 11.6 Å². The minimum absolute atomic E-state index is 0.0886. The molecule has 24 heavy (non-hydrogen) atoms. The summed E-state index contributed by atoms with van der Waals surface area (Å²) in [6, 6.07) is 7.23. The molecule has 2 aromatic rings. The molecule has 6 nitrogen and oxygen atoms in total. The van der Waals surface area contributed by atoms with Gasteiger partial charge in [0.15, 0.2) is 11.7 Å². The van der Waals surface area contributed by atoms with Gasteiger partial charge in [-0.1, -0.05) is 30.7 Å². The molecule has 0 saturated heterocycles. The number of hydrogen-bond acceptors (Lipinski definition) is 4. The lowest BCUT2D eigenvalue weighted by molar-refractivity contribution is -0.147. The number of nitrogens with zero attached hydrogens (tertiary/aromatic N) is 1. The number of rotatable bonds is 7. The predicted molar refractivity (Wildman–Crippen MR) is 89.7 cm³/mol. The van der Waals surface area contributed by atoms with Crippen LogP contribution in [0.3, 0.4) is 0 Å². The average molecular weight is 351 g/mol. The average Bonchev–Trinajstić information content (AvgIpc) is 3.01. The van der Waals surface area contributed by atoms with Crippen molar-refractivity contribution in [2.45, 2.75) is 38.6 Å². The Bertz CT molecular complexity index is 744. The van der Waals surface area contributed by atoms with Crippen molar-refractivity contribution in [2.75, 3.05) is 0 Å². The highest BCUT2D eigenvalue weighted by atomic mass is 35.5. The lowest BCUT2D eigenvalue weighted by Gasteiger charge is -2.24. The first kappa shape index (κ1) is 18.0. The van der Waals surface area contributed by atoms with Crippen molar-refractivity contribution < 1.29 is 19.1 Å². The molecular formula is C17H19ClN2O4. The topological polar surface area (TPSA) is 92.4 Å². The monoisotopic (exact) mass is 350 g/mol. The van der Waals surface area contributed by atoms with Gasteiger partial charge in [-0.3, -0.25) is 4.79 Å². The molecule has 0 fully saturated rings. The molecular weight excluding hydrogens is 332 g/mol. The number of aliphatic carboxylic acids is 1. The molecule has 1 aromatic carbocycles. The van der Waals surface area contributed by atoms with E-state index >= 15 is 0 Å². The number of aromatic nitrogens is 1. The Kier molecular flexibility index (Phi) is 5.62. The molecule has 2 rings (SSSR count). The maximum Gasteiger partial charge on any atom is 0.329 e. The van der Waals surface area contributed by atoms with E-state index in [0.29, 0.717) is 23.1 Å². The number of carboxylic acid groups (broad SMARTS) is 1. The first-order valence-corrected chi connectivity index (χ1v) is 7.97. The second kappa shape index (κ2) is 7.49. The van der Waals surface area contributed by atoms with E-state index in [0.717, 1.165) is 5.56 Å². The molecule has 2 N–H and O–H groups in total. The second-order valence-electron chi connectivity index (χ2n) is 5.64. The Balaban J connectivity index is 1.97. The summed E-state index contributed by atoms with van der Waals surface area (Å²) >= 11 is 6.11. The van der Waals surface area contributed by atoms with Crippen LogP contribution in [0, 0.1) is 0 Å². The van der Waals surface area contributed by atoms with Crippen molar-refractivity contribution in [2.24, 2.45) is 0 Å². The van der Waals surface area contributed by atoms with Crippen LogP contribution in [0.15, 0.2) is 34.9 Å². The van der Waals surface area contributed by atoms with Gasteiger partial charge < -0.3 is 14.8 Å². The SMILES string of the molecule is CCC(C)(NC(=O)CCc1ncc(-c2ccccc2Cl)o1)C(=O)O. The summed E-state index contributed by atoms with van der Waals surface area (Å²) in [5, 5.41) is 12.2. The number of nitrogens with one attached hydrogen (secondary N) is 1. The zero-order valence-corrected chi connectivity index (χ0v) is 14.3. The highest BCUT2D eigenvalue weighted by Crippen LogP contribution is 2.28. The third-order valence-corrected chi connectivity index (χ3v) is 4.18. The molecule has 1 amide bonds. The molecule has 0 bridgehead atoms. The van der Waals surface area contributed by atoms with Gasteiger partial charge in [-0.05, 0) is 25.5 Å². The summed E-state index contributed by atoms with van der Waals surface area (Å²) in [7, 11) is 0. The number of oxazole rings is 1. The zero-order chi connectivity index (χ0) is 17.7. The quantitative estimate of drug-likeness (QED) is 0.799. The summed E-state index contributed by atoms with van der Waals surface area (Å²) < 4.78 is 5.61. The molecule has 7 heteroatoms. The fraction of sp³-hybridized carbons (Fsp3) is 0.353. The maximum atomic E-state index is 12.0. The number of hydrogen-bond donors (Lipinski definition) is 2. The van der Waals surface area contributed by atoms with Gasteiger partial charge in [0.25, 0.3) is 0 Å². The van der Waals surface area contributed by atoms with Gasteiger partial charge in [0, 0.05) is 18.4 Å². The van der Waals surface area contributed by atoms with Crippen molar-refractivity contribution in [3.8, 4) is 11.3 Å². The Morgan fingerprint density at radius 2 is 2.08 bits per heavy atom. The lowest BCUT2D eigenvalue weighted by Crippen LogP contribution is -2.51. The van der Waals surface area contributed by atoms with Gasteiger partial charge in [-0.25, -0.2) is 9.78 Å². The van der Waals surface area contributed by atoms with E-state index in [1.54, 1.807) is 19.2 Å². The smallest absolute Gasteiger partial charge is 0.329 e. The van der Waals surface area contributed by atoms with Crippen LogP contribution in [-0.4, -0.2) is 27.5 Å². The van der Waals surface area contributed by atoms with E-state index in [1.165, 1.54) is 6.92 Å². The summed E-state index contributed by atoms with van der Waals surface area (Å²) in [6.45, 7) is 3.19. The molecule has 0 spiro atoms. The molecule has 1 heterocycles. The fourth-order valence-electron chi connectivity index (χ4n) is 2.10. The summed E-state index contributed by atoms with van der Waals surface area (Å²) in [5.74, 6) is -0.497. The minimum atomic E-state index is -1.27. The lowest BCUT2D eigenvalue weighted by atomic mass is 9.99. The number of aryl methyl sites for hydroxylation is 1. The van der Waals surface area contributed by atoms with Crippen LogP contribution in [0.5, 0.6) is 0 Å². The van der Waals surface area contributed by atoms with Crippen molar-refractivity contribution in [3.05, 3.63) is 41.4 Å². The Morgan fingerprint density at radius 1 is 1.38 bits per heavy atom. The number of benzene rings is 1. The molecule has 1 aromatic heterocycles. The fourth-order valence-corrected chi connectivity index (χ4v) is 2.32. The predicted octanol–water partition coefficient (Wildman–Crippen LogP) is 3.30. The van der Waals surface area contributed by atoms with E-state index in [1.807, 2.05) is 18.2 Å². The van der Waals surface area contributed by atoms with Gasteiger partial charge in [-0.2, -0.15) is 0 Å². The summed E-state index contributed by atoms with van der Waals surface area (Å²) in [5.41, 5.74) is -0.539. The molecule has 1 atom stereocenters. The second-order valence-corrected chi connectivity index (χ2v) is 6.04. The van der Waals surface area contributed by atoms with E-state index < -0.39 is 11.5 Å². The van der Waals surface area contributed by atoms with Gasteiger partial charge in [0.2, 0.25) is 5.91 Å². The zero-order valence-electron chi connectivity index (χ0n) is 13.5. The third-order valence-electron chi connectivity index (χ3n) is 3.85. The Labute approximate surface area is 144 Å². The first-order valence-electron chi connectivity index (χ1n) is 7.59. The number of amides is 1. The van der Waals surface area contributed by atoms with Gasteiger partial charge in [0.05, 0.1) is 11.2 Å². The maximum absolute atomic E-state index is 12.0. The summed E-state index contributed by atoms with van der Waals surface area (Å²) in [6.07, 6.45) is 2.21. The van der Waals surface area contributed by atoms with E-state index in [9.17, 15) is 9.59 Å². The molecule has 0 saturated carbocycles.